The minimum atomic E-state index is -0.473. The molecule has 1 atom stereocenters. The summed E-state index contributed by atoms with van der Waals surface area (Å²) in [6.45, 7) is 0. The van der Waals surface area contributed by atoms with Gasteiger partial charge in [-0.3, -0.25) is 9.59 Å². The first-order chi connectivity index (χ1) is 11.0. The summed E-state index contributed by atoms with van der Waals surface area (Å²) in [7, 11) is 1.28. The van der Waals surface area contributed by atoms with E-state index in [1.165, 1.54) is 7.11 Å². The van der Waals surface area contributed by atoms with Crippen molar-refractivity contribution in [2.45, 2.75) is 12.3 Å². The van der Waals surface area contributed by atoms with Crippen LogP contribution >= 0.6 is 35.0 Å². The van der Waals surface area contributed by atoms with Crippen LogP contribution in [0.25, 0.3) is 0 Å². The van der Waals surface area contributed by atoms with Crippen LogP contribution in [0, 0.1) is 11.3 Å². The van der Waals surface area contributed by atoms with Gasteiger partial charge in [0.1, 0.15) is 0 Å². The van der Waals surface area contributed by atoms with E-state index in [9.17, 15) is 14.9 Å². The summed E-state index contributed by atoms with van der Waals surface area (Å²) in [6.07, 6.45) is 0.104. The van der Waals surface area contributed by atoms with E-state index in [4.69, 9.17) is 23.2 Å². The normalized spacial score (nSPS) is 17.5. The lowest BCUT2D eigenvalue weighted by Crippen LogP contribution is -2.31. The number of hydrogen-bond acceptors (Lipinski definition) is 5. The molecule has 5 nitrogen and oxygen atoms in total. The number of allylic oxidation sites excluding steroid dienone is 1. The van der Waals surface area contributed by atoms with Gasteiger partial charge in [-0.2, -0.15) is 5.26 Å². The van der Waals surface area contributed by atoms with Crippen molar-refractivity contribution < 1.29 is 14.3 Å². The predicted molar refractivity (Wildman–Crippen MR) is 89.1 cm³/mol. The third-order valence-electron chi connectivity index (χ3n) is 3.26. The minimum Gasteiger partial charge on any atom is -0.468 e. The average Bonchev–Trinajstić information content (AvgIpc) is 2.52. The molecule has 8 heteroatoms. The Bertz CT molecular complexity index is 728. The third-order valence-corrected chi connectivity index (χ3v) is 4.81. The monoisotopic (exact) mass is 370 g/mol. The van der Waals surface area contributed by atoms with Crippen molar-refractivity contribution >= 4 is 46.8 Å². The van der Waals surface area contributed by atoms with Crippen molar-refractivity contribution in [1.82, 2.24) is 5.32 Å². The first-order valence-corrected chi connectivity index (χ1v) is 8.29. The lowest BCUT2D eigenvalue weighted by Gasteiger charge is -2.25. The van der Waals surface area contributed by atoms with Gasteiger partial charge in [0.05, 0.1) is 29.5 Å². The van der Waals surface area contributed by atoms with Crippen molar-refractivity contribution in [3.8, 4) is 6.07 Å². The zero-order chi connectivity index (χ0) is 17.0. The van der Waals surface area contributed by atoms with Gasteiger partial charge in [0.25, 0.3) is 0 Å². The van der Waals surface area contributed by atoms with Crippen molar-refractivity contribution in [1.29, 1.82) is 5.26 Å². The number of nitrogens with one attached hydrogen (secondary N) is 1. The number of nitrogens with zero attached hydrogens (tertiary/aromatic N) is 1. The van der Waals surface area contributed by atoms with Crippen LogP contribution in [0.3, 0.4) is 0 Å². The molecule has 0 aliphatic carbocycles. The molecule has 0 saturated carbocycles. The molecule has 0 bridgehead atoms. The second-order valence-electron chi connectivity index (χ2n) is 4.69. The number of benzene rings is 1. The van der Waals surface area contributed by atoms with Gasteiger partial charge in [0.2, 0.25) is 5.91 Å². The molecular formula is C15H12Cl2N2O3S. The summed E-state index contributed by atoms with van der Waals surface area (Å²) in [6, 6.07) is 7.04. The van der Waals surface area contributed by atoms with E-state index >= 15 is 0 Å². The van der Waals surface area contributed by atoms with E-state index in [-0.39, 0.29) is 18.1 Å². The SMILES string of the molecule is COC(=O)CSC1=C(C#N)[C@H](c2ccc(Cl)cc2Cl)CC(=O)N1. The molecule has 1 aromatic rings. The molecule has 23 heavy (non-hydrogen) atoms. The second-order valence-corrected chi connectivity index (χ2v) is 6.52. The molecule has 1 heterocycles. The quantitative estimate of drug-likeness (QED) is 0.822. The second kappa shape index (κ2) is 7.73. The Balaban J connectivity index is 2.39. The van der Waals surface area contributed by atoms with Gasteiger partial charge >= 0.3 is 5.97 Å². The summed E-state index contributed by atoms with van der Waals surface area (Å²) < 4.78 is 4.57. The maximum atomic E-state index is 12.0. The highest BCUT2D eigenvalue weighted by atomic mass is 35.5. The third kappa shape index (κ3) is 4.20. The molecule has 1 N–H and O–H groups in total. The molecule has 1 aromatic carbocycles. The van der Waals surface area contributed by atoms with E-state index in [0.717, 1.165) is 11.8 Å². The predicted octanol–water partition coefficient (Wildman–Crippen LogP) is 3.24. The number of thioether (sulfide) groups is 1. The van der Waals surface area contributed by atoms with E-state index in [0.29, 0.717) is 26.2 Å². The number of nitriles is 1. The molecule has 120 valence electrons. The Morgan fingerprint density at radius 1 is 1.52 bits per heavy atom. The summed E-state index contributed by atoms with van der Waals surface area (Å²) in [4.78, 5) is 23.2. The molecule has 2 rings (SSSR count). The van der Waals surface area contributed by atoms with E-state index in [2.05, 4.69) is 16.1 Å². The molecule has 0 spiro atoms. The number of amides is 1. The van der Waals surface area contributed by atoms with Gasteiger partial charge in [-0.1, -0.05) is 41.0 Å². The molecule has 0 radical (unpaired) electrons. The lowest BCUT2D eigenvalue weighted by molar-refractivity contribution is -0.137. The molecule has 0 saturated heterocycles. The first kappa shape index (κ1) is 17.7. The number of ether oxygens (including phenoxy) is 1. The van der Waals surface area contributed by atoms with Crippen LogP contribution in [-0.4, -0.2) is 24.7 Å². The number of hydrogen-bond donors (Lipinski definition) is 1. The number of rotatable bonds is 4. The Hall–Kier alpha value is -1.68. The van der Waals surface area contributed by atoms with Crippen molar-refractivity contribution in [3.63, 3.8) is 0 Å². The fourth-order valence-electron chi connectivity index (χ4n) is 2.17. The van der Waals surface area contributed by atoms with Crippen LogP contribution in [0.2, 0.25) is 10.0 Å². The van der Waals surface area contributed by atoms with Crippen LogP contribution in [0.15, 0.2) is 28.8 Å². The van der Waals surface area contributed by atoms with Crippen molar-refractivity contribution in [3.05, 3.63) is 44.4 Å². The van der Waals surface area contributed by atoms with Crippen LogP contribution in [-0.2, 0) is 14.3 Å². The number of methoxy groups -OCH3 is 1. The van der Waals surface area contributed by atoms with Crippen LogP contribution < -0.4 is 5.32 Å². The van der Waals surface area contributed by atoms with Gasteiger partial charge in [-0.15, -0.1) is 0 Å². The van der Waals surface area contributed by atoms with Gasteiger partial charge in [0.15, 0.2) is 0 Å². The fourth-order valence-corrected chi connectivity index (χ4v) is 3.62. The molecule has 1 aliphatic rings. The van der Waals surface area contributed by atoms with Crippen LogP contribution in [0.5, 0.6) is 0 Å². The lowest BCUT2D eigenvalue weighted by atomic mass is 9.87. The fraction of sp³-hybridized carbons (Fsp3) is 0.267. The molecule has 1 aliphatic heterocycles. The standard InChI is InChI=1S/C15H12Cl2N2O3S/c1-22-14(21)7-23-15-11(6-18)10(5-13(20)19-15)9-3-2-8(16)4-12(9)17/h2-4,10H,5,7H2,1H3,(H,19,20)/t10-/m0/s1. The molecule has 1 amide bonds. The maximum absolute atomic E-state index is 12.0. The smallest absolute Gasteiger partial charge is 0.316 e. The highest BCUT2D eigenvalue weighted by Gasteiger charge is 2.31. The van der Waals surface area contributed by atoms with Crippen molar-refractivity contribution in [2.75, 3.05) is 12.9 Å². The summed E-state index contributed by atoms with van der Waals surface area (Å²) >= 11 is 13.1. The number of esters is 1. The molecule has 0 unspecified atom stereocenters. The zero-order valence-electron chi connectivity index (χ0n) is 12.1. The van der Waals surface area contributed by atoms with E-state index < -0.39 is 11.9 Å². The number of carbonyl (C=O) groups excluding carboxylic acids is 2. The Kier molecular flexibility index (Phi) is 5.94. The average molecular weight is 371 g/mol. The summed E-state index contributed by atoms with van der Waals surface area (Å²) in [5, 5.41) is 13.3. The number of halogens is 2. The van der Waals surface area contributed by atoms with Crippen molar-refractivity contribution in [2.24, 2.45) is 0 Å². The Labute approximate surface area is 147 Å². The zero-order valence-corrected chi connectivity index (χ0v) is 14.4. The molecule has 0 fully saturated rings. The minimum absolute atomic E-state index is 0.00162. The van der Waals surface area contributed by atoms with E-state index in [1.54, 1.807) is 18.2 Å². The first-order valence-electron chi connectivity index (χ1n) is 6.55. The molecule has 0 aromatic heterocycles. The summed E-state index contributed by atoms with van der Waals surface area (Å²) in [5.41, 5.74) is 1.02. The van der Waals surface area contributed by atoms with Crippen LogP contribution in [0.4, 0.5) is 0 Å². The van der Waals surface area contributed by atoms with Gasteiger partial charge in [-0.05, 0) is 17.7 Å². The summed E-state index contributed by atoms with van der Waals surface area (Å²) in [5.74, 6) is -1.16. The Morgan fingerprint density at radius 3 is 2.87 bits per heavy atom. The highest BCUT2D eigenvalue weighted by molar-refractivity contribution is 8.03. The van der Waals surface area contributed by atoms with Gasteiger partial charge in [0, 0.05) is 22.4 Å². The highest BCUT2D eigenvalue weighted by Crippen LogP contribution is 2.39. The Morgan fingerprint density at radius 2 is 2.26 bits per heavy atom. The van der Waals surface area contributed by atoms with Gasteiger partial charge in [-0.25, -0.2) is 0 Å². The largest absolute Gasteiger partial charge is 0.468 e. The van der Waals surface area contributed by atoms with E-state index in [1.807, 2.05) is 0 Å². The topological polar surface area (TPSA) is 79.2 Å². The van der Waals surface area contributed by atoms with Gasteiger partial charge < -0.3 is 10.1 Å². The maximum Gasteiger partial charge on any atom is 0.316 e. The van der Waals surface area contributed by atoms with Crippen LogP contribution in [0.1, 0.15) is 17.9 Å². The molecular weight excluding hydrogens is 359 g/mol. The number of carbonyl (C=O) groups is 2.